The molecule has 0 radical (unpaired) electrons. The van der Waals surface area contributed by atoms with Gasteiger partial charge in [-0.2, -0.15) is 0 Å². The van der Waals surface area contributed by atoms with Crippen LogP contribution in [0.1, 0.15) is 22.0 Å². The Hall–Kier alpha value is -1.54. The van der Waals surface area contributed by atoms with Crippen molar-refractivity contribution < 1.29 is 29.6 Å². The van der Waals surface area contributed by atoms with Crippen molar-refractivity contribution in [1.29, 1.82) is 0 Å². The van der Waals surface area contributed by atoms with Crippen LogP contribution in [0.3, 0.4) is 0 Å². The summed E-state index contributed by atoms with van der Waals surface area (Å²) in [6, 6.07) is 1.44. The molecule has 7 nitrogen and oxygen atoms in total. The molecule has 0 aliphatic carbocycles. The number of carbonyl (C=O) groups is 1. The summed E-state index contributed by atoms with van der Waals surface area (Å²) >= 11 is 0. The lowest BCUT2D eigenvalue weighted by Crippen LogP contribution is -2.32. The maximum Gasteiger partial charge on any atom is 0.338 e. The zero-order valence-electron chi connectivity index (χ0n) is 10.3. The number of rotatable bonds is 3. The molecule has 1 saturated heterocycles. The van der Waals surface area contributed by atoms with E-state index >= 15 is 0 Å². The van der Waals surface area contributed by atoms with Gasteiger partial charge in [-0.3, -0.25) is 4.98 Å². The molecule has 2 rings (SSSR count). The minimum absolute atomic E-state index is 0.201. The van der Waals surface area contributed by atoms with Crippen LogP contribution in [0.4, 0.5) is 0 Å². The van der Waals surface area contributed by atoms with E-state index in [9.17, 15) is 15.0 Å². The van der Waals surface area contributed by atoms with Gasteiger partial charge in [0.2, 0.25) is 0 Å². The average molecular weight is 269 g/mol. The summed E-state index contributed by atoms with van der Waals surface area (Å²) in [6.07, 6.45) is -1.52. The molecule has 2 heterocycles. The third kappa shape index (κ3) is 2.45. The molecule has 0 bridgehead atoms. The lowest BCUT2D eigenvalue weighted by Gasteiger charge is -2.17. The Morgan fingerprint density at radius 2 is 2.21 bits per heavy atom. The number of nitrogens with zero attached hydrogens (tertiary/aromatic N) is 1. The monoisotopic (exact) mass is 269 g/mol. The highest BCUT2D eigenvalue weighted by Crippen LogP contribution is 2.34. The van der Waals surface area contributed by atoms with E-state index in [4.69, 9.17) is 9.84 Å². The molecule has 19 heavy (non-hydrogen) atoms. The van der Waals surface area contributed by atoms with Crippen LogP contribution in [-0.4, -0.2) is 58.3 Å². The first-order valence-corrected chi connectivity index (χ1v) is 5.74. The van der Waals surface area contributed by atoms with Gasteiger partial charge >= 0.3 is 5.97 Å². The van der Waals surface area contributed by atoms with Gasteiger partial charge in [0.05, 0.1) is 19.3 Å². The highest BCUT2D eigenvalue weighted by atomic mass is 16.6. The van der Waals surface area contributed by atoms with E-state index in [1.807, 2.05) is 0 Å². The van der Waals surface area contributed by atoms with E-state index in [0.717, 1.165) is 0 Å². The van der Waals surface area contributed by atoms with Gasteiger partial charge in [0.1, 0.15) is 24.4 Å². The first-order valence-electron chi connectivity index (χ1n) is 5.74. The third-order valence-electron chi connectivity index (χ3n) is 3.11. The fraction of sp³-hybridized carbons (Fsp3) is 0.500. The third-order valence-corrected chi connectivity index (χ3v) is 3.11. The molecule has 1 aromatic rings. The molecular formula is C12H15NO6. The minimum atomic E-state index is -1.25. The van der Waals surface area contributed by atoms with E-state index in [0.29, 0.717) is 5.56 Å². The molecule has 7 heteroatoms. The van der Waals surface area contributed by atoms with Crippen LogP contribution in [0.15, 0.2) is 18.5 Å². The highest BCUT2D eigenvalue weighted by molar-refractivity contribution is 5.91. The van der Waals surface area contributed by atoms with Crippen molar-refractivity contribution in [2.45, 2.75) is 24.4 Å². The fourth-order valence-corrected chi connectivity index (χ4v) is 2.09. The van der Waals surface area contributed by atoms with E-state index in [1.165, 1.54) is 25.6 Å². The van der Waals surface area contributed by atoms with Crippen LogP contribution in [0.2, 0.25) is 0 Å². The van der Waals surface area contributed by atoms with E-state index < -0.39 is 37.0 Å². The van der Waals surface area contributed by atoms with Gasteiger partial charge in [-0.1, -0.05) is 0 Å². The molecule has 1 aromatic heterocycles. The Morgan fingerprint density at radius 1 is 1.47 bits per heavy atom. The second-order valence-electron chi connectivity index (χ2n) is 4.21. The molecule has 0 amide bonds. The molecule has 4 atom stereocenters. The summed E-state index contributed by atoms with van der Waals surface area (Å²) < 4.78 is 9.99. The predicted molar refractivity (Wildman–Crippen MR) is 62.3 cm³/mol. The largest absolute Gasteiger partial charge is 0.465 e. The van der Waals surface area contributed by atoms with Crippen LogP contribution in [0, 0.1) is 0 Å². The second kappa shape index (κ2) is 5.62. The van der Waals surface area contributed by atoms with Gasteiger partial charge in [-0.25, -0.2) is 4.79 Å². The summed E-state index contributed by atoms with van der Waals surface area (Å²) in [5.74, 6) is -0.588. The molecule has 1 aliphatic heterocycles. The van der Waals surface area contributed by atoms with Crippen molar-refractivity contribution in [2.75, 3.05) is 13.7 Å². The summed E-state index contributed by atoms with van der Waals surface area (Å²) in [4.78, 5) is 15.5. The van der Waals surface area contributed by atoms with Gasteiger partial charge in [0, 0.05) is 18.0 Å². The van der Waals surface area contributed by atoms with Gasteiger partial charge < -0.3 is 24.8 Å². The van der Waals surface area contributed by atoms with Gasteiger partial charge in [0.15, 0.2) is 0 Å². The number of esters is 1. The average Bonchev–Trinajstić information content (AvgIpc) is 2.74. The van der Waals surface area contributed by atoms with Crippen LogP contribution < -0.4 is 0 Å². The Kier molecular flexibility index (Phi) is 4.11. The van der Waals surface area contributed by atoms with Crippen molar-refractivity contribution in [3.05, 3.63) is 29.6 Å². The summed E-state index contributed by atoms with van der Waals surface area (Å²) in [5, 5.41) is 28.7. The van der Waals surface area contributed by atoms with Gasteiger partial charge in [-0.05, 0) is 6.07 Å². The molecule has 0 saturated carbocycles. The number of aliphatic hydroxyl groups excluding tert-OH is 3. The van der Waals surface area contributed by atoms with Crippen molar-refractivity contribution in [3.63, 3.8) is 0 Å². The van der Waals surface area contributed by atoms with Crippen LogP contribution in [-0.2, 0) is 9.47 Å². The Labute approximate surface area is 109 Å². The summed E-state index contributed by atoms with van der Waals surface area (Å²) in [5.41, 5.74) is 0.518. The van der Waals surface area contributed by atoms with Gasteiger partial charge in [0.25, 0.3) is 0 Å². The standard InChI is InChI=1S/C12H15NO6/c1-18-12(17)6-2-3-13-4-7(6)11-10(16)9(15)8(5-14)19-11/h2-4,8-11,14-16H,5H2,1H3/t8-,9-,10-,11?/m1/s1. The number of hydrogen-bond acceptors (Lipinski definition) is 7. The van der Waals surface area contributed by atoms with Gasteiger partial charge in [-0.15, -0.1) is 0 Å². The number of pyridine rings is 1. The second-order valence-corrected chi connectivity index (χ2v) is 4.21. The molecule has 1 unspecified atom stereocenters. The number of hydrogen-bond donors (Lipinski definition) is 3. The quantitative estimate of drug-likeness (QED) is 0.605. The van der Waals surface area contributed by atoms with Crippen molar-refractivity contribution >= 4 is 5.97 Å². The Morgan fingerprint density at radius 3 is 2.79 bits per heavy atom. The molecule has 1 aliphatic rings. The number of carbonyl (C=O) groups excluding carboxylic acids is 1. The molecule has 104 valence electrons. The van der Waals surface area contributed by atoms with Crippen molar-refractivity contribution in [3.8, 4) is 0 Å². The lowest BCUT2D eigenvalue weighted by molar-refractivity contribution is -0.0231. The van der Waals surface area contributed by atoms with E-state index in [-0.39, 0.29) is 5.56 Å². The maximum absolute atomic E-state index is 11.6. The minimum Gasteiger partial charge on any atom is -0.465 e. The van der Waals surface area contributed by atoms with E-state index in [2.05, 4.69) is 9.72 Å². The molecular weight excluding hydrogens is 254 g/mol. The fourth-order valence-electron chi connectivity index (χ4n) is 2.09. The van der Waals surface area contributed by atoms with Crippen molar-refractivity contribution in [1.82, 2.24) is 4.98 Å². The topological polar surface area (TPSA) is 109 Å². The number of aromatic nitrogens is 1. The van der Waals surface area contributed by atoms with Crippen molar-refractivity contribution in [2.24, 2.45) is 0 Å². The first-order chi connectivity index (χ1) is 9.10. The van der Waals surface area contributed by atoms with Crippen LogP contribution in [0.25, 0.3) is 0 Å². The molecule has 3 N–H and O–H groups in total. The Balaban J connectivity index is 2.35. The molecule has 1 fully saturated rings. The van der Waals surface area contributed by atoms with E-state index in [1.54, 1.807) is 0 Å². The molecule has 0 aromatic carbocycles. The maximum atomic E-state index is 11.6. The smallest absolute Gasteiger partial charge is 0.338 e. The zero-order valence-corrected chi connectivity index (χ0v) is 10.3. The molecule has 0 spiro atoms. The number of aliphatic hydroxyl groups is 3. The predicted octanol–water partition coefficient (Wildman–Crippen LogP) is -0.978. The summed E-state index contributed by atoms with van der Waals surface area (Å²) in [7, 11) is 1.24. The zero-order chi connectivity index (χ0) is 14.0. The Bertz CT molecular complexity index is 465. The lowest BCUT2D eigenvalue weighted by atomic mass is 9.99. The normalized spacial score (nSPS) is 30.3. The SMILES string of the molecule is COC(=O)c1ccncc1C1O[C@H](CO)[C@@H](O)[C@H]1O. The summed E-state index contributed by atoms with van der Waals surface area (Å²) in [6.45, 7) is -0.428. The first kappa shape index (κ1) is 13.9. The van der Waals surface area contributed by atoms with Crippen LogP contribution >= 0.6 is 0 Å². The van der Waals surface area contributed by atoms with Crippen LogP contribution in [0.5, 0.6) is 0 Å². The highest BCUT2D eigenvalue weighted by Gasteiger charge is 2.44. The number of methoxy groups -OCH3 is 1. The number of ether oxygens (including phenoxy) is 2.